The van der Waals surface area contributed by atoms with Crippen LogP contribution in [0.2, 0.25) is 0 Å². The molecule has 4 rings (SSSR count). The largest absolute Gasteiger partial charge is 0.309 e. The fourth-order valence-corrected chi connectivity index (χ4v) is 5.33. The minimum absolute atomic E-state index is 0.292. The highest BCUT2D eigenvalue weighted by molar-refractivity contribution is 7.89. The molecule has 1 N–H and O–H groups in total. The van der Waals surface area contributed by atoms with Crippen molar-refractivity contribution < 1.29 is 8.42 Å². The summed E-state index contributed by atoms with van der Waals surface area (Å²) in [6, 6.07) is 17.5. The predicted molar refractivity (Wildman–Crippen MR) is 107 cm³/mol. The average molecular weight is 381 g/mol. The van der Waals surface area contributed by atoms with Crippen LogP contribution in [0.4, 0.5) is 0 Å². The quantitative estimate of drug-likeness (QED) is 0.836. The predicted octanol–water partition coefficient (Wildman–Crippen LogP) is 3.34. The molecule has 4 nitrogen and oxygen atoms in total. The van der Waals surface area contributed by atoms with Crippen molar-refractivity contribution in [2.45, 2.75) is 18.0 Å². The summed E-state index contributed by atoms with van der Waals surface area (Å²) in [5.74, 6) is 0.584. The van der Waals surface area contributed by atoms with Crippen molar-refractivity contribution in [3.05, 3.63) is 90.0 Å². The first-order chi connectivity index (χ1) is 13.1. The smallest absolute Gasteiger partial charge is 0.243 e. The van der Waals surface area contributed by atoms with Gasteiger partial charge in [-0.3, -0.25) is 0 Å². The van der Waals surface area contributed by atoms with E-state index in [0.717, 1.165) is 12.1 Å². The first-order valence-electron chi connectivity index (χ1n) is 9.32. The van der Waals surface area contributed by atoms with Crippen molar-refractivity contribution in [1.82, 2.24) is 9.62 Å². The van der Waals surface area contributed by atoms with Gasteiger partial charge in [0.05, 0.1) is 4.90 Å². The molecule has 0 amide bonds. The lowest BCUT2D eigenvalue weighted by Crippen LogP contribution is -2.29. The standard InChI is InChI=1S/C22H24N2O2S/c25-27(26,24-16-20-10-4-5-11-21(20)17-24)22-12-6-9-19(13-22)15-23-14-18-7-2-1-3-8-18/h1-13,20-21,23H,14-17H2. The molecule has 0 bridgehead atoms. The fourth-order valence-electron chi connectivity index (χ4n) is 3.74. The molecule has 1 heterocycles. The van der Waals surface area contributed by atoms with Gasteiger partial charge in [-0.2, -0.15) is 4.31 Å². The second-order valence-corrected chi connectivity index (χ2v) is 9.09. The Labute approximate surface area is 161 Å². The van der Waals surface area contributed by atoms with Crippen LogP contribution in [0.1, 0.15) is 11.1 Å². The van der Waals surface area contributed by atoms with Gasteiger partial charge >= 0.3 is 0 Å². The average Bonchev–Trinajstić information content (AvgIpc) is 3.14. The molecular weight excluding hydrogens is 356 g/mol. The maximum absolute atomic E-state index is 13.1. The topological polar surface area (TPSA) is 49.4 Å². The van der Waals surface area contributed by atoms with Crippen molar-refractivity contribution in [2.75, 3.05) is 13.1 Å². The third-order valence-electron chi connectivity index (χ3n) is 5.24. The van der Waals surface area contributed by atoms with Crippen LogP contribution < -0.4 is 5.32 Å². The van der Waals surface area contributed by atoms with Gasteiger partial charge in [0, 0.05) is 26.2 Å². The molecule has 2 aromatic carbocycles. The van der Waals surface area contributed by atoms with Gasteiger partial charge in [-0.25, -0.2) is 8.42 Å². The Balaban J connectivity index is 1.43. The lowest BCUT2D eigenvalue weighted by atomic mass is 9.92. The fraction of sp³-hybridized carbons (Fsp3) is 0.273. The summed E-state index contributed by atoms with van der Waals surface area (Å²) in [4.78, 5) is 0.383. The lowest BCUT2D eigenvalue weighted by molar-refractivity contribution is 0.467. The molecule has 5 heteroatoms. The molecule has 27 heavy (non-hydrogen) atoms. The van der Waals surface area contributed by atoms with Crippen LogP contribution in [0.15, 0.2) is 83.8 Å². The van der Waals surface area contributed by atoms with E-state index in [0.29, 0.717) is 36.4 Å². The van der Waals surface area contributed by atoms with E-state index in [2.05, 4.69) is 29.6 Å². The monoisotopic (exact) mass is 380 g/mol. The first-order valence-corrected chi connectivity index (χ1v) is 10.8. The number of benzene rings is 2. The number of hydrogen-bond acceptors (Lipinski definition) is 3. The second-order valence-electron chi connectivity index (χ2n) is 7.16. The number of rotatable bonds is 6. The van der Waals surface area contributed by atoms with Crippen LogP contribution in [0.5, 0.6) is 0 Å². The summed E-state index contributed by atoms with van der Waals surface area (Å²) in [6.07, 6.45) is 8.25. The first kappa shape index (κ1) is 18.2. The van der Waals surface area contributed by atoms with Gasteiger partial charge in [0.2, 0.25) is 10.0 Å². The molecule has 0 spiro atoms. The third-order valence-corrected chi connectivity index (χ3v) is 7.07. The van der Waals surface area contributed by atoms with Gasteiger partial charge in [0.15, 0.2) is 0 Å². The van der Waals surface area contributed by atoms with E-state index in [4.69, 9.17) is 0 Å². The van der Waals surface area contributed by atoms with E-state index in [-0.39, 0.29) is 0 Å². The van der Waals surface area contributed by atoms with Crippen molar-refractivity contribution in [2.24, 2.45) is 11.8 Å². The molecule has 2 unspecified atom stereocenters. The summed E-state index contributed by atoms with van der Waals surface area (Å²) in [6.45, 7) is 2.51. The number of nitrogens with one attached hydrogen (secondary N) is 1. The normalized spacial score (nSPS) is 22.1. The van der Waals surface area contributed by atoms with E-state index in [1.165, 1.54) is 5.56 Å². The van der Waals surface area contributed by atoms with E-state index in [9.17, 15) is 8.42 Å². The van der Waals surface area contributed by atoms with Crippen LogP contribution in [0.3, 0.4) is 0 Å². The number of nitrogens with zero attached hydrogens (tertiary/aromatic N) is 1. The molecular formula is C22H24N2O2S. The highest BCUT2D eigenvalue weighted by Gasteiger charge is 2.37. The van der Waals surface area contributed by atoms with Crippen molar-refractivity contribution in [3.8, 4) is 0 Å². The SMILES string of the molecule is O=S(=O)(c1cccc(CNCc2ccccc2)c1)N1CC2C=CC=CC2C1. The van der Waals surface area contributed by atoms with Crippen molar-refractivity contribution in [3.63, 3.8) is 0 Å². The minimum Gasteiger partial charge on any atom is -0.309 e. The maximum Gasteiger partial charge on any atom is 0.243 e. The molecule has 2 aromatic rings. The molecule has 0 aromatic heterocycles. The lowest BCUT2D eigenvalue weighted by Gasteiger charge is -2.17. The van der Waals surface area contributed by atoms with Gasteiger partial charge in [-0.1, -0.05) is 66.8 Å². The Hall–Kier alpha value is -2.21. The summed E-state index contributed by atoms with van der Waals surface area (Å²) in [7, 11) is -3.46. The molecule has 2 aliphatic rings. The Kier molecular flexibility index (Phi) is 5.25. The van der Waals surface area contributed by atoms with Crippen molar-refractivity contribution >= 4 is 10.0 Å². The van der Waals surface area contributed by atoms with Gasteiger partial charge in [-0.15, -0.1) is 0 Å². The Morgan fingerprint density at radius 3 is 2.19 bits per heavy atom. The van der Waals surface area contributed by atoms with Crippen LogP contribution in [0.25, 0.3) is 0 Å². The Morgan fingerprint density at radius 1 is 0.852 bits per heavy atom. The molecule has 0 saturated carbocycles. The number of fused-ring (bicyclic) bond motifs is 1. The second kappa shape index (κ2) is 7.80. The number of allylic oxidation sites excluding steroid dienone is 2. The van der Waals surface area contributed by atoms with Gasteiger partial charge < -0.3 is 5.32 Å². The highest BCUT2D eigenvalue weighted by Crippen LogP contribution is 2.32. The molecule has 0 radical (unpaired) electrons. The van der Waals surface area contributed by atoms with Gasteiger partial charge in [0.1, 0.15) is 0 Å². The summed E-state index contributed by atoms with van der Waals surface area (Å²) < 4.78 is 27.8. The minimum atomic E-state index is -3.46. The van der Waals surface area contributed by atoms with E-state index < -0.39 is 10.0 Å². The zero-order chi connectivity index (χ0) is 18.7. The zero-order valence-electron chi connectivity index (χ0n) is 15.2. The molecule has 1 saturated heterocycles. The van der Waals surface area contributed by atoms with Crippen LogP contribution in [0, 0.1) is 11.8 Å². The van der Waals surface area contributed by atoms with Gasteiger partial charge in [-0.05, 0) is 35.1 Å². The Bertz CT molecular complexity index is 931. The van der Waals surface area contributed by atoms with Gasteiger partial charge in [0.25, 0.3) is 0 Å². The number of hydrogen-bond donors (Lipinski definition) is 1. The van der Waals surface area contributed by atoms with E-state index in [1.807, 2.05) is 42.5 Å². The molecule has 1 aliphatic carbocycles. The summed E-state index contributed by atoms with van der Waals surface area (Å²) in [5.41, 5.74) is 2.19. The molecule has 140 valence electrons. The van der Waals surface area contributed by atoms with Crippen molar-refractivity contribution in [1.29, 1.82) is 0 Å². The number of sulfonamides is 1. The third kappa shape index (κ3) is 4.05. The van der Waals surface area contributed by atoms with Crippen LogP contribution in [-0.2, 0) is 23.1 Å². The zero-order valence-corrected chi connectivity index (χ0v) is 16.0. The Morgan fingerprint density at radius 2 is 1.48 bits per heavy atom. The molecule has 1 fully saturated rings. The maximum atomic E-state index is 13.1. The van der Waals surface area contributed by atoms with Crippen LogP contribution >= 0.6 is 0 Å². The molecule has 2 atom stereocenters. The summed E-state index contributed by atoms with van der Waals surface area (Å²) in [5, 5.41) is 3.38. The molecule has 1 aliphatic heterocycles. The van der Waals surface area contributed by atoms with E-state index in [1.54, 1.807) is 16.4 Å². The summed E-state index contributed by atoms with van der Waals surface area (Å²) >= 11 is 0. The van der Waals surface area contributed by atoms with Crippen LogP contribution in [-0.4, -0.2) is 25.8 Å². The highest BCUT2D eigenvalue weighted by atomic mass is 32.2. The van der Waals surface area contributed by atoms with E-state index >= 15 is 0 Å².